The second kappa shape index (κ2) is 6.52. The Bertz CT molecular complexity index is 379. The highest BCUT2D eigenvalue weighted by molar-refractivity contribution is 5.96. The van der Waals surface area contributed by atoms with Gasteiger partial charge in [-0.2, -0.15) is 0 Å². The van der Waals surface area contributed by atoms with Gasteiger partial charge in [0, 0.05) is 6.54 Å². The number of carbonyl (C=O) groups excluding carboxylic acids is 2. The van der Waals surface area contributed by atoms with Crippen LogP contribution >= 0.6 is 0 Å². The maximum atomic E-state index is 11.5. The summed E-state index contributed by atoms with van der Waals surface area (Å²) in [5.41, 5.74) is 0. The van der Waals surface area contributed by atoms with Gasteiger partial charge >= 0.3 is 6.03 Å². The van der Waals surface area contributed by atoms with Crippen LogP contribution in [0.1, 0.15) is 13.8 Å². The Kier molecular flexibility index (Phi) is 5.00. The summed E-state index contributed by atoms with van der Waals surface area (Å²) in [6.07, 6.45) is -0.722. The van der Waals surface area contributed by atoms with Crippen LogP contribution in [0.25, 0.3) is 0 Å². The molecule has 1 atom stereocenters. The molecule has 0 bridgehead atoms. The van der Waals surface area contributed by atoms with Crippen molar-refractivity contribution >= 4 is 11.9 Å². The zero-order valence-electron chi connectivity index (χ0n) is 9.90. The van der Waals surface area contributed by atoms with Crippen LogP contribution in [-0.2, 0) is 4.79 Å². The maximum Gasteiger partial charge on any atom is 0.321 e. The van der Waals surface area contributed by atoms with E-state index in [1.165, 1.54) is 0 Å². The fraction of sp³-hybridized carbons (Fsp3) is 0.333. The number of benzene rings is 1. The zero-order valence-corrected chi connectivity index (χ0v) is 9.90. The van der Waals surface area contributed by atoms with Crippen molar-refractivity contribution < 1.29 is 14.3 Å². The van der Waals surface area contributed by atoms with Crippen molar-refractivity contribution in [2.45, 2.75) is 20.0 Å². The first-order valence-corrected chi connectivity index (χ1v) is 5.44. The molecule has 2 N–H and O–H groups in total. The topological polar surface area (TPSA) is 67.4 Å². The minimum absolute atomic E-state index is 0.465. The molecule has 0 radical (unpaired) electrons. The quantitative estimate of drug-likeness (QED) is 0.828. The van der Waals surface area contributed by atoms with Gasteiger partial charge in [0.05, 0.1) is 0 Å². The first kappa shape index (κ1) is 13.0. The zero-order chi connectivity index (χ0) is 12.7. The minimum Gasteiger partial charge on any atom is -0.481 e. The van der Waals surface area contributed by atoms with Gasteiger partial charge in [0.1, 0.15) is 5.75 Å². The molecule has 0 saturated heterocycles. The van der Waals surface area contributed by atoms with Crippen LogP contribution in [0.3, 0.4) is 0 Å². The fourth-order valence-corrected chi connectivity index (χ4v) is 1.17. The van der Waals surface area contributed by atoms with Crippen LogP contribution < -0.4 is 15.4 Å². The Labute approximate surface area is 100 Å². The van der Waals surface area contributed by atoms with Crippen LogP contribution in [-0.4, -0.2) is 24.6 Å². The van der Waals surface area contributed by atoms with E-state index in [4.69, 9.17) is 4.74 Å². The summed E-state index contributed by atoms with van der Waals surface area (Å²) >= 11 is 0. The smallest absolute Gasteiger partial charge is 0.321 e. The standard InChI is InChI=1S/C12H16N2O3/c1-3-13-12(16)14-11(15)9(2)17-10-7-5-4-6-8-10/h4-9H,3H2,1-2H3,(H2,13,14,15,16)/t9-/m1/s1. The van der Waals surface area contributed by atoms with Gasteiger partial charge in [-0.3, -0.25) is 10.1 Å². The molecular formula is C12H16N2O3. The third-order valence-electron chi connectivity index (χ3n) is 2.00. The third kappa shape index (κ3) is 4.55. The van der Waals surface area contributed by atoms with Crippen LogP contribution in [0.4, 0.5) is 4.79 Å². The molecule has 0 aliphatic carbocycles. The molecule has 5 nitrogen and oxygen atoms in total. The number of imide groups is 1. The van der Waals surface area contributed by atoms with E-state index in [0.29, 0.717) is 12.3 Å². The molecule has 17 heavy (non-hydrogen) atoms. The van der Waals surface area contributed by atoms with Crippen LogP contribution in [0.2, 0.25) is 0 Å². The van der Waals surface area contributed by atoms with Gasteiger partial charge in [-0.25, -0.2) is 4.79 Å². The largest absolute Gasteiger partial charge is 0.481 e. The van der Waals surface area contributed by atoms with E-state index in [-0.39, 0.29) is 0 Å². The van der Waals surface area contributed by atoms with Crippen molar-refractivity contribution in [3.8, 4) is 5.75 Å². The Morgan fingerprint density at radius 3 is 2.53 bits per heavy atom. The molecule has 0 aliphatic heterocycles. The first-order valence-electron chi connectivity index (χ1n) is 5.44. The Morgan fingerprint density at radius 1 is 1.29 bits per heavy atom. The maximum absolute atomic E-state index is 11.5. The van der Waals surface area contributed by atoms with E-state index in [9.17, 15) is 9.59 Å². The fourth-order valence-electron chi connectivity index (χ4n) is 1.17. The van der Waals surface area contributed by atoms with E-state index < -0.39 is 18.0 Å². The van der Waals surface area contributed by atoms with E-state index >= 15 is 0 Å². The third-order valence-corrected chi connectivity index (χ3v) is 2.00. The molecule has 5 heteroatoms. The van der Waals surface area contributed by atoms with Gasteiger partial charge in [-0.1, -0.05) is 18.2 Å². The van der Waals surface area contributed by atoms with Crippen molar-refractivity contribution in [1.29, 1.82) is 0 Å². The van der Waals surface area contributed by atoms with Gasteiger partial charge in [0.25, 0.3) is 5.91 Å². The molecule has 0 unspecified atom stereocenters. The first-order chi connectivity index (χ1) is 8.13. The molecule has 3 amide bonds. The molecule has 1 rings (SSSR count). The Balaban J connectivity index is 2.45. The molecule has 92 valence electrons. The van der Waals surface area contributed by atoms with Gasteiger partial charge in [-0.15, -0.1) is 0 Å². The molecule has 0 saturated carbocycles. The number of hydrogen-bond acceptors (Lipinski definition) is 3. The normalized spacial score (nSPS) is 11.4. The Morgan fingerprint density at radius 2 is 1.94 bits per heavy atom. The predicted molar refractivity (Wildman–Crippen MR) is 63.7 cm³/mol. The summed E-state index contributed by atoms with van der Waals surface area (Å²) < 4.78 is 5.36. The molecule has 1 aromatic rings. The predicted octanol–water partition coefficient (Wildman–Crippen LogP) is 1.30. The molecule has 0 fully saturated rings. The summed E-state index contributed by atoms with van der Waals surface area (Å²) in [5, 5.41) is 4.66. The van der Waals surface area contributed by atoms with Gasteiger partial charge in [0.15, 0.2) is 6.10 Å². The molecule has 0 aromatic heterocycles. The molecule has 0 heterocycles. The van der Waals surface area contributed by atoms with Crippen molar-refractivity contribution in [2.75, 3.05) is 6.54 Å². The molecule has 0 aliphatic rings. The summed E-state index contributed by atoms with van der Waals surface area (Å²) in [6, 6.07) is 8.45. The average Bonchev–Trinajstić information content (AvgIpc) is 2.30. The lowest BCUT2D eigenvalue weighted by molar-refractivity contribution is -0.126. The van der Waals surface area contributed by atoms with Crippen molar-refractivity contribution in [3.63, 3.8) is 0 Å². The highest BCUT2D eigenvalue weighted by Crippen LogP contribution is 2.10. The van der Waals surface area contributed by atoms with Gasteiger partial charge in [-0.05, 0) is 26.0 Å². The van der Waals surface area contributed by atoms with Gasteiger partial charge < -0.3 is 10.1 Å². The summed E-state index contributed by atoms with van der Waals surface area (Å²) in [5.74, 6) is 0.117. The monoisotopic (exact) mass is 236 g/mol. The summed E-state index contributed by atoms with van der Waals surface area (Å²) in [4.78, 5) is 22.6. The molecule has 1 aromatic carbocycles. The van der Waals surface area contributed by atoms with Gasteiger partial charge in [0.2, 0.25) is 0 Å². The van der Waals surface area contributed by atoms with Crippen LogP contribution in [0, 0.1) is 0 Å². The van der Waals surface area contributed by atoms with E-state index in [1.807, 2.05) is 18.2 Å². The van der Waals surface area contributed by atoms with Crippen molar-refractivity contribution in [3.05, 3.63) is 30.3 Å². The molecular weight excluding hydrogens is 220 g/mol. The van der Waals surface area contributed by atoms with E-state index in [1.54, 1.807) is 26.0 Å². The number of carbonyl (C=O) groups is 2. The lowest BCUT2D eigenvalue weighted by Gasteiger charge is -2.13. The number of ether oxygens (including phenoxy) is 1. The number of urea groups is 1. The number of amides is 3. The summed E-state index contributed by atoms with van der Waals surface area (Å²) in [7, 11) is 0. The SMILES string of the molecule is CCNC(=O)NC(=O)[C@@H](C)Oc1ccccc1. The number of nitrogens with one attached hydrogen (secondary N) is 2. The van der Waals surface area contributed by atoms with Crippen molar-refractivity contribution in [1.82, 2.24) is 10.6 Å². The highest BCUT2D eigenvalue weighted by atomic mass is 16.5. The van der Waals surface area contributed by atoms with Crippen LogP contribution in [0.5, 0.6) is 5.75 Å². The second-order valence-electron chi connectivity index (χ2n) is 3.42. The average molecular weight is 236 g/mol. The van der Waals surface area contributed by atoms with E-state index in [2.05, 4.69) is 10.6 Å². The van der Waals surface area contributed by atoms with Crippen molar-refractivity contribution in [2.24, 2.45) is 0 Å². The lowest BCUT2D eigenvalue weighted by atomic mass is 10.3. The summed E-state index contributed by atoms with van der Waals surface area (Å²) in [6.45, 7) is 3.82. The van der Waals surface area contributed by atoms with E-state index in [0.717, 1.165) is 0 Å². The molecule has 0 spiro atoms. The van der Waals surface area contributed by atoms with Crippen LogP contribution in [0.15, 0.2) is 30.3 Å². The minimum atomic E-state index is -0.722. The number of para-hydroxylation sites is 1. The Hall–Kier alpha value is -2.04. The highest BCUT2D eigenvalue weighted by Gasteiger charge is 2.16. The second-order valence-corrected chi connectivity index (χ2v) is 3.42. The number of hydrogen-bond donors (Lipinski definition) is 2. The number of rotatable bonds is 4. The lowest BCUT2D eigenvalue weighted by Crippen LogP contribution is -2.45.